The first-order valence-electron chi connectivity index (χ1n) is 11.5. The first-order valence-corrected chi connectivity index (χ1v) is 13.3. The zero-order valence-corrected chi connectivity index (χ0v) is 22.3. The van der Waals surface area contributed by atoms with Crippen LogP contribution < -0.4 is 10.3 Å². The van der Waals surface area contributed by atoms with Crippen molar-refractivity contribution in [2.45, 2.75) is 37.6 Å². The molecule has 0 N–H and O–H groups in total. The summed E-state index contributed by atoms with van der Waals surface area (Å²) < 4.78 is 35.0. The molecule has 3 aromatic carbocycles. The smallest absolute Gasteiger partial charge is 0.266 e. The molecule has 188 valence electrons. The Morgan fingerprint density at radius 1 is 0.972 bits per heavy atom. The quantitative estimate of drug-likeness (QED) is 0.316. The number of fused-ring (bicyclic) bond motifs is 1. The largest absolute Gasteiger partial charge is 0.497 e. The Labute approximate surface area is 216 Å². The number of halogens is 1. The van der Waals surface area contributed by atoms with Gasteiger partial charge in [0.05, 0.1) is 34.6 Å². The average molecular weight is 526 g/mol. The van der Waals surface area contributed by atoms with Crippen LogP contribution in [0.5, 0.6) is 5.75 Å². The summed E-state index contributed by atoms with van der Waals surface area (Å²) in [5, 5.41) is 0.747. The van der Waals surface area contributed by atoms with Crippen LogP contribution in [0.25, 0.3) is 16.6 Å². The molecule has 4 aromatic rings. The van der Waals surface area contributed by atoms with E-state index in [9.17, 15) is 13.2 Å². The van der Waals surface area contributed by atoms with E-state index in [1.165, 1.54) is 15.9 Å². The van der Waals surface area contributed by atoms with Crippen molar-refractivity contribution in [1.29, 1.82) is 0 Å². The fourth-order valence-electron chi connectivity index (χ4n) is 4.00. The van der Waals surface area contributed by atoms with Gasteiger partial charge in [-0.05, 0) is 73.0 Å². The number of aromatic nitrogens is 2. The number of nitrogens with zero attached hydrogens (tertiary/aromatic N) is 3. The maximum atomic E-state index is 13.7. The van der Waals surface area contributed by atoms with Gasteiger partial charge in [-0.25, -0.2) is 13.4 Å². The van der Waals surface area contributed by atoms with Gasteiger partial charge in [0.25, 0.3) is 5.56 Å². The topological polar surface area (TPSA) is 81.5 Å². The van der Waals surface area contributed by atoms with E-state index in [2.05, 4.69) is 13.8 Å². The van der Waals surface area contributed by atoms with E-state index in [-0.39, 0.29) is 22.2 Å². The summed E-state index contributed by atoms with van der Waals surface area (Å²) in [6, 6.07) is 17.9. The van der Waals surface area contributed by atoms with Gasteiger partial charge >= 0.3 is 0 Å². The third-order valence-electron chi connectivity index (χ3n) is 6.33. The van der Waals surface area contributed by atoms with Crippen LogP contribution in [0.1, 0.15) is 44.1 Å². The highest BCUT2D eigenvalue weighted by Crippen LogP contribution is 2.28. The molecule has 4 rings (SSSR count). The van der Waals surface area contributed by atoms with Gasteiger partial charge in [0, 0.05) is 12.1 Å². The van der Waals surface area contributed by atoms with Crippen molar-refractivity contribution in [2.24, 2.45) is 0 Å². The molecule has 0 amide bonds. The monoisotopic (exact) mass is 525 g/mol. The number of methoxy groups -OCH3 is 1. The molecule has 1 atom stereocenters. The molecule has 0 aliphatic heterocycles. The minimum Gasteiger partial charge on any atom is -0.497 e. The second-order valence-corrected chi connectivity index (χ2v) is 11.3. The van der Waals surface area contributed by atoms with Crippen LogP contribution in [0.3, 0.4) is 0 Å². The summed E-state index contributed by atoms with van der Waals surface area (Å²) in [4.78, 5) is 18.6. The lowest BCUT2D eigenvalue weighted by Crippen LogP contribution is -2.35. The minimum atomic E-state index is -3.87. The van der Waals surface area contributed by atoms with Gasteiger partial charge in [-0.3, -0.25) is 9.36 Å². The molecule has 0 fully saturated rings. The second kappa shape index (κ2) is 10.0. The fraction of sp³-hybridized carbons (Fsp3) is 0.259. The molecule has 0 bridgehead atoms. The normalized spacial score (nSPS) is 12.9. The molecular weight excluding hydrogens is 498 g/mol. The van der Waals surface area contributed by atoms with Crippen LogP contribution in [0.4, 0.5) is 0 Å². The maximum Gasteiger partial charge on any atom is 0.266 e. The van der Waals surface area contributed by atoms with Crippen molar-refractivity contribution >= 4 is 32.5 Å². The Morgan fingerprint density at radius 2 is 1.61 bits per heavy atom. The number of hydrogen-bond acceptors (Lipinski definition) is 5. The Bertz CT molecular complexity index is 1560. The average Bonchev–Trinajstić information content (AvgIpc) is 2.88. The SMILES string of the molecule is COc1ccc(-n2c(C(C)N(C)S(=O)(=O)c3ccc(C(C)C)cc3)nc3ccc(Cl)cc3c2=O)cc1. The second-order valence-electron chi connectivity index (χ2n) is 8.89. The number of hydrogen-bond donors (Lipinski definition) is 0. The molecule has 0 aliphatic carbocycles. The number of ether oxygens (including phenoxy) is 1. The fourth-order valence-corrected chi connectivity index (χ4v) is 5.49. The van der Waals surface area contributed by atoms with Crippen molar-refractivity contribution in [3.63, 3.8) is 0 Å². The minimum absolute atomic E-state index is 0.173. The Balaban J connectivity index is 1.87. The molecule has 0 saturated heterocycles. The molecule has 0 saturated carbocycles. The number of benzene rings is 3. The highest BCUT2D eigenvalue weighted by molar-refractivity contribution is 7.89. The Hall–Kier alpha value is -3.20. The molecular formula is C27H28ClN3O4S. The first kappa shape index (κ1) is 25.9. The Morgan fingerprint density at radius 3 is 2.19 bits per heavy atom. The van der Waals surface area contributed by atoms with Crippen molar-refractivity contribution in [3.8, 4) is 11.4 Å². The van der Waals surface area contributed by atoms with E-state index in [4.69, 9.17) is 21.3 Å². The van der Waals surface area contributed by atoms with Gasteiger partial charge in [-0.15, -0.1) is 0 Å². The Kier molecular flexibility index (Phi) is 7.22. The van der Waals surface area contributed by atoms with E-state index < -0.39 is 16.1 Å². The van der Waals surface area contributed by atoms with Crippen LogP contribution >= 0.6 is 11.6 Å². The van der Waals surface area contributed by atoms with E-state index >= 15 is 0 Å². The van der Waals surface area contributed by atoms with Crippen LogP contribution in [0.2, 0.25) is 5.02 Å². The predicted octanol–water partition coefficient (Wildman–Crippen LogP) is 5.55. The van der Waals surface area contributed by atoms with Gasteiger partial charge in [-0.1, -0.05) is 37.6 Å². The molecule has 1 unspecified atom stereocenters. The van der Waals surface area contributed by atoms with Crippen molar-refractivity contribution in [2.75, 3.05) is 14.2 Å². The standard InChI is InChI=1S/C27H28ClN3O4S/c1-17(2)19-6-13-23(14-7-19)36(33,34)30(4)18(3)26-29-25-15-8-20(28)16-24(25)27(32)31(26)21-9-11-22(35-5)12-10-21/h6-18H,1-5H3. The van der Waals surface area contributed by atoms with Crippen LogP contribution in [-0.2, 0) is 10.0 Å². The van der Waals surface area contributed by atoms with Gasteiger partial charge in [0.2, 0.25) is 10.0 Å². The third kappa shape index (κ3) is 4.76. The van der Waals surface area contributed by atoms with Crippen molar-refractivity contribution in [1.82, 2.24) is 13.9 Å². The van der Waals surface area contributed by atoms with E-state index in [1.807, 2.05) is 12.1 Å². The van der Waals surface area contributed by atoms with Crippen molar-refractivity contribution < 1.29 is 13.2 Å². The lowest BCUT2D eigenvalue weighted by atomic mass is 10.0. The summed E-state index contributed by atoms with van der Waals surface area (Å²) in [6.07, 6.45) is 0. The van der Waals surface area contributed by atoms with Gasteiger partial charge in [0.1, 0.15) is 11.6 Å². The van der Waals surface area contributed by atoms with E-state index in [0.29, 0.717) is 27.4 Å². The first-order chi connectivity index (χ1) is 17.0. The predicted molar refractivity (Wildman–Crippen MR) is 143 cm³/mol. The molecule has 7 nitrogen and oxygen atoms in total. The van der Waals surface area contributed by atoms with E-state index in [0.717, 1.165) is 5.56 Å². The lowest BCUT2D eigenvalue weighted by Gasteiger charge is -2.26. The van der Waals surface area contributed by atoms with Gasteiger partial charge in [-0.2, -0.15) is 4.31 Å². The highest BCUT2D eigenvalue weighted by Gasteiger charge is 2.30. The molecule has 36 heavy (non-hydrogen) atoms. The molecule has 0 spiro atoms. The van der Waals surface area contributed by atoms with Gasteiger partial charge < -0.3 is 4.74 Å². The molecule has 0 radical (unpaired) electrons. The molecule has 0 aliphatic rings. The lowest BCUT2D eigenvalue weighted by molar-refractivity contribution is 0.379. The van der Waals surface area contributed by atoms with Crippen molar-refractivity contribution in [3.05, 3.63) is 93.5 Å². The summed E-state index contributed by atoms with van der Waals surface area (Å²) in [6.45, 7) is 5.81. The van der Waals surface area contributed by atoms with E-state index in [1.54, 1.807) is 68.6 Å². The van der Waals surface area contributed by atoms with Gasteiger partial charge in [0.15, 0.2) is 0 Å². The third-order valence-corrected chi connectivity index (χ3v) is 8.51. The summed E-state index contributed by atoms with van der Waals surface area (Å²) >= 11 is 6.16. The van der Waals surface area contributed by atoms with Crippen LogP contribution in [0, 0.1) is 0 Å². The summed E-state index contributed by atoms with van der Waals surface area (Å²) in [7, 11) is -0.824. The molecule has 1 heterocycles. The summed E-state index contributed by atoms with van der Waals surface area (Å²) in [5.74, 6) is 1.19. The van der Waals surface area contributed by atoms with Crippen LogP contribution in [-0.4, -0.2) is 36.4 Å². The highest BCUT2D eigenvalue weighted by atomic mass is 35.5. The molecule has 1 aromatic heterocycles. The molecule has 9 heteroatoms. The zero-order valence-electron chi connectivity index (χ0n) is 20.8. The zero-order chi connectivity index (χ0) is 26.2. The maximum absolute atomic E-state index is 13.7. The number of rotatable bonds is 7. The summed E-state index contributed by atoms with van der Waals surface area (Å²) in [5.41, 5.74) is 1.67. The number of sulfonamides is 1. The van der Waals surface area contributed by atoms with Crippen LogP contribution in [0.15, 0.2) is 76.4 Å².